The number of carbonyl (C=O) groups excluding carboxylic acids is 1. The Morgan fingerprint density at radius 3 is 1.92 bits per heavy atom. The monoisotopic (exact) mass is 170 g/mol. The van der Waals surface area contributed by atoms with Gasteiger partial charge in [0.2, 0.25) is 0 Å². The van der Waals surface area contributed by atoms with Crippen molar-refractivity contribution in [1.82, 2.24) is 0 Å². The van der Waals surface area contributed by atoms with Crippen LogP contribution < -0.4 is 0 Å². The third-order valence-electron chi connectivity index (χ3n) is 1.68. The van der Waals surface area contributed by atoms with Crippen molar-refractivity contribution in [2.75, 3.05) is 7.11 Å². The molecule has 0 aromatic carbocycles. The van der Waals surface area contributed by atoms with Crippen LogP contribution in [-0.2, 0) is 9.53 Å². The Hall–Kier alpha value is -0.630. The predicted octanol–water partition coefficient (Wildman–Crippen LogP) is 2.19. The van der Waals surface area contributed by atoms with Crippen LogP contribution in [0.25, 0.3) is 0 Å². The highest BCUT2D eigenvalue weighted by atomic mass is 16.5. The van der Waals surface area contributed by atoms with Crippen LogP contribution in [0.4, 0.5) is 0 Å². The van der Waals surface area contributed by atoms with E-state index >= 15 is 0 Å². The fourth-order valence-electron chi connectivity index (χ4n) is 1.08. The SMILES string of the molecule is C=C(C)C(=O)C(OC)C(C)(C)C. The first kappa shape index (κ1) is 11.4. The van der Waals surface area contributed by atoms with E-state index < -0.39 is 0 Å². The van der Waals surface area contributed by atoms with Gasteiger partial charge in [-0.1, -0.05) is 27.4 Å². The zero-order valence-electron chi connectivity index (χ0n) is 8.60. The lowest BCUT2D eigenvalue weighted by Gasteiger charge is -2.27. The molecule has 0 aliphatic rings. The van der Waals surface area contributed by atoms with Gasteiger partial charge in [0.1, 0.15) is 6.10 Å². The van der Waals surface area contributed by atoms with E-state index in [9.17, 15) is 4.79 Å². The van der Waals surface area contributed by atoms with Gasteiger partial charge >= 0.3 is 0 Å². The second kappa shape index (κ2) is 3.85. The smallest absolute Gasteiger partial charge is 0.187 e. The van der Waals surface area contributed by atoms with Crippen LogP contribution in [0.1, 0.15) is 27.7 Å². The number of hydrogen-bond donors (Lipinski definition) is 0. The maximum atomic E-state index is 11.5. The zero-order valence-corrected chi connectivity index (χ0v) is 8.60. The first-order valence-electron chi connectivity index (χ1n) is 4.03. The zero-order chi connectivity index (χ0) is 9.94. The van der Waals surface area contributed by atoms with Crippen molar-refractivity contribution >= 4 is 5.78 Å². The molecule has 0 rings (SSSR count). The van der Waals surface area contributed by atoms with Gasteiger partial charge in [-0.25, -0.2) is 0 Å². The molecule has 0 N–H and O–H groups in total. The summed E-state index contributed by atoms with van der Waals surface area (Å²) in [5.41, 5.74) is 0.391. The van der Waals surface area contributed by atoms with E-state index in [0.717, 1.165) is 0 Å². The Labute approximate surface area is 74.6 Å². The highest BCUT2D eigenvalue weighted by Gasteiger charge is 2.30. The quantitative estimate of drug-likeness (QED) is 0.607. The highest BCUT2D eigenvalue weighted by Crippen LogP contribution is 2.24. The molecule has 70 valence electrons. The molecule has 0 spiro atoms. The van der Waals surface area contributed by atoms with Crippen molar-refractivity contribution in [2.45, 2.75) is 33.8 Å². The fraction of sp³-hybridized carbons (Fsp3) is 0.700. The molecule has 0 aromatic heterocycles. The molecular weight excluding hydrogens is 152 g/mol. The molecule has 0 bridgehead atoms. The maximum Gasteiger partial charge on any atom is 0.187 e. The second-order valence-electron chi connectivity index (χ2n) is 4.13. The summed E-state index contributed by atoms with van der Waals surface area (Å²) in [6.07, 6.45) is -0.380. The summed E-state index contributed by atoms with van der Waals surface area (Å²) in [4.78, 5) is 11.5. The summed E-state index contributed by atoms with van der Waals surface area (Å²) in [5.74, 6) is -0.00926. The molecule has 0 radical (unpaired) electrons. The standard InChI is InChI=1S/C10H18O2/c1-7(2)8(11)9(12-6)10(3,4)5/h9H,1H2,2-6H3. The molecule has 2 heteroatoms. The first-order chi connectivity index (χ1) is 5.30. The number of hydrogen-bond acceptors (Lipinski definition) is 2. The van der Waals surface area contributed by atoms with Gasteiger partial charge in [-0.2, -0.15) is 0 Å². The molecule has 0 amide bonds. The van der Waals surface area contributed by atoms with Gasteiger partial charge in [0.25, 0.3) is 0 Å². The van der Waals surface area contributed by atoms with Gasteiger partial charge in [-0.15, -0.1) is 0 Å². The van der Waals surface area contributed by atoms with Crippen molar-refractivity contribution in [1.29, 1.82) is 0 Å². The van der Waals surface area contributed by atoms with Gasteiger partial charge in [-0.3, -0.25) is 4.79 Å². The Morgan fingerprint density at radius 2 is 1.83 bits per heavy atom. The lowest BCUT2D eigenvalue weighted by molar-refractivity contribution is -0.130. The summed E-state index contributed by atoms with van der Waals surface area (Å²) in [7, 11) is 1.55. The molecule has 0 aliphatic heterocycles. The predicted molar refractivity (Wildman–Crippen MR) is 50.1 cm³/mol. The summed E-state index contributed by atoms with van der Waals surface area (Å²) >= 11 is 0. The van der Waals surface area contributed by atoms with Crippen LogP contribution in [0.15, 0.2) is 12.2 Å². The minimum absolute atomic E-state index is 0.00926. The molecule has 0 saturated carbocycles. The van der Waals surface area contributed by atoms with E-state index in [4.69, 9.17) is 4.74 Å². The van der Waals surface area contributed by atoms with E-state index in [1.54, 1.807) is 14.0 Å². The fourth-order valence-corrected chi connectivity index (χ4v) is 1.08. The van der Waals surface area contributed by atoms with Crippen molar-refractivity contribution in [3.63, 3.8) is 0 Å². The van der Waals surface area contributed by atoms with Crippen LogP contribution in [0.2, 0.25) is 0 Å². The van der Waals surface area contributed by atoms with Crippen molar-refractivity contribution in [3.05, 3.63) is 12.2 Å². The van der Waals surface area contributed by atoms with E-state index in [1.807, 2.05) is 20.8 Å². The van der Waals surface area contributed by atoms with E-state index in [0.29, 0.717) is 5.57 Å². The maximum absolute atomic E-state index is 11.5. The van der Waals surface area contributed by atoms with E-state index in [1.165, 1.54) is 0 Å². The van der Waals surface area contributed by atoms with Crippen molar-refractivity contribution in [2.24, 2.45) is 5.41 Å². The molecule has 0 aromatic rings. The molecule has 1 atom stereocenters. The van der Waals surface area contributed by atoms with E-state index in [2.05, 4.69) is 6.58 Å². The minimum Gasteiger partial charge on any atom is -0.373 e. The van der Waals surface area contributed by atoms with Crippen LogP contribution in [0.5, 0.6) is 0 Å². The number of carbonyl (C=O) groups is 1. The minimum atomic E-state index is -0.380. The molecule has 0 heterocycles. The summed E-state index contributed by atoms with van der Waals surface area (Å²) in [5, 5.41) is 0. The second-order valence-corrected chi connectivity index (χ2v) is 4.13. The molecule has 0 fully saturated rings. The Morgan fingerprint density at radius 1 is 1.42 bits per heavy atom. The molecule has 1 unspecified atom stereocenters. The lowest BCUT2D eigenvalue weighted by atomic mass is 9.85. The van der Waals surface area contributed by atoms with Crippen molar-refractivity contribution in [3.8, 4) is 0 Å². The van der Waals surface area contributed by atoms with Gasteiger partial charge in [0.15, 0.2) is 5.78 Å². The van der Waals surface area contributed by atoms with E-state index in [-0.39, 0.29) is 17.3 Å². The highest BCUT2D eigenvalue weighted by molar-refractivity contribution is 5.98. The third kappa shape index (κ3) is 2.78. The average molecular weight is 170 g/mol. The number of Topliss-reactive ketones (excluding diaryl/α,β-unsaturated/α-hetero) is 1. The normalized spacial score (nSPS) is 14.1. The molecule has 12 heavy (non-hydrogen) atoms. The molecule has 0 aliphatic carbocycles. The lowest BCUT2D eigenvalue weighted by Crippen LogP contribution is -2.36. The number of rotatable bonds is 3. The molecule has 0 saturated heterocycles. The Bertz CT molecular complexity index is 187. The number of methoxy groups -OCH3 is 1. The molecular formula is C10H18O2. The average Bonchev–Trinajstić information content (AvgIpc) is 1.85. The Balaban J connectivity index is 4.58. The molecule has 2 nitrogen and oxygen atoms in total. The number of ketones is 1. The topological polar surface area (TPSA) is 26.3 Å². The van der Waals surface area contributed by atoms with Gasteiger partial charge in [0, 0.05) is 7.11 Å². The van der Waals surface area contributed by atoms with Crippen LogP contribution in [0, 0.1) is 5.41 Å². The first-order valence-corrected chi connectivity index (χ1v) is 4.03. The summed E-state index contributed by atoms with van der Waals surface area (Å²) in [6.45, 7) is 11.2. The van der Waals surface area contributed by atoms with Gasteiger partial charge in [0.05, 0.1) is 0 Å². The van der Waals surface area contributed by atoms with Crippen molar-refractivity contribution < 1.29 is 9.53 Å². The largest absolute Gasteiger partial charge is 0.373 e. The summed E-state index contributed by atoms with van der Waals surface area (Å²) < 4.78 is 5.13. The summed E-state index contributed by atoms with van der Waals surface area (Å²) in [6, 6.07) is 0. The van der Waals surface area contributed by atoms with Crippen LogP contribution in [0.3, 0.4) is 0 Å². The van der Waals surface area contributed by atoms with Crippen LogP contribution >= 0.6 is 0 Å². The van der Waals surface area contributed by atoms with Crippen LogP contribution in [-0.4, -0.2) is 19.0 Å². The third-order valence-corrected chi connectivity index (χ3v) is 1.68. The number of ether oxygens (including phenoxy) is 1. The van der Waals surface area contributed by atoms with Gasteiger partial charge in [-0.05, 0) is 17.9 Å². The van der Waals surface area contributed by atoms with Gasteiger partial charge < -0.3 is 4.74 Å². The Kier molecular flexibility index (Phi) is 3.65.